The van der Waals surface area contributed by atoms with Gasteiger partial charge in [-0.05, 0) is 54.7 Å². The Hall–Kier alpha value is -1.88. The summed E-state index contributed by atoms with van der Waals surface area (Å²) in [7, 11) is 0. The highest BCUT2D eigenvalue weighted by atomic mass is 79.9. The normalized spacial score (nSPS) is 9.96. The van der Waals surface area contributed by atoms with Crippen LogP contribution in [0.3, 0.4) is 0 Å². The van der Waals surface area contributed by atoms with Gasteiger partial charge in [0.1, 0.15) is 11.5 Å². The third kappa shape index (κ3) is 8.01. The van der Waals surface area contributed by atoms with E-state index in [1.807, 2.05) is 0 Å². The quantitative estimate of drug-likeness (QED) is 0.377. The van der Waals surface area contributed by atoms with Gasteiger partial charge in [0.25, 0.3) is 11.8 Å². The number of carbonyl (C=O) groups is 2. The lowest BCUT2D eigenvalue weighted by atomic mass is 10.3. The zero-order valence-electron chi connectivity index (χ0n) is 14.1. The van der Waals surface area contributed by atoms with Crippen LogP contribution in [-0.2, 0) is 9.59 Å². The fourth-order valence-corrected chi connectivity index (χ4v) is 2.93. The maximum Gasteiger partial charge on any atom is 0.276 e. The second-order valence-electron chi connectivity index (χ2n) is 5.16. The Bertz CT molecular complexity index is 868. The van der Waals surface area contributed by atoms with Gasteiger partial charge in [0, 0.05) is 8.95 Å². The highest BCUT2D eigenvalue weighted by Gasteiger charge is 2.09. The molecule has 0 saturated heterocycles. The predicted molar refractivity (Wildman–Crippen MR) is 116 cm³/mol. The van der Waals surface area contributed by atoms with Gasteiger partial charge in [0.05, 0.1) is 5.02 Å². The van der Waals surface area contributed by atoms with Crippen LogP contribution in [0.5, 0.6) is 11.5 Å². The number of benzene rings is 2. The summed E-state index contributed by atoms with van der Waals surface area (Å²) >= 11 is 17.5. The molecular formula is C17H14Br2ClN3O4S. The molecule has 0 spiro atoms. The van der Waals surface area contributed by atoms with E-state index >= 15 is 0 Å². The summed E-state index contributed by atoms with van der Waals surface area (Å²) in [4.78, 5) is 23.6. The lowest BCUT2D eigenvalue weighted by molar-refractivity contribution is -0.124. The smallest absolute Gasteiger partial charge is 0.276 e. The minimum absolute atomic E-state index is 0.0839. The second-order valence-corrected chi connectivity index (χ2v) is 7.80. The molecule has 3 N–H and O–H groups in total. The fraction of sp³-hybridized carbons (Fsp3) is 0.118. The van der Waals surface area contributed by atoms with E-state index in [9.17, 15) is 9.59 Å². The van der Waals surface area contributed by atoms with E-state index in [1.165, 1.54) is 0 Å². The highest BCUT2D eigenvalue weighted by Crippen LogP contribution is 2.27. The molecule has 0 aliphatic carbocycles. The van der Waals surface area contributed by atoms with Crippen LogP contribution in [0, 0.1) is 0 Å². The standard InChI is InChI=1S/C17H14Br2ClN3O4S/c18-10-1-4-12(5-2-10)26-8-15(24)21-17(28)23-22-16(25)9-27-14-6-3-11(19)7-13(14)20/h1-7H,8-9H2,(H,22,25)(H2,21,23,24,28). The number of hydrogen-bond acceptors (Lipinski definition) is 5. The first-order chi connectivity index (χ1) is 13.3. The third-order valence-electron chi connectivity index (χ3n) is 3.00. The van der Waals surface area contributed by atoms with Crippen molar-refractivity contribution in [2.75, 3.05) is 13.2 Å². The van der Waals surface area contributed by atoms with Gasteiger partial charge in [-0.3, -0.25) is 25.8 Å². The Balaban J connectivity index is 1.66. The lowest BCUT2D eigenvalue weighted by Crippen LogP contribution is -2.50. The Morgan fingerprint density at radius 1 is 0.929 bits per heavy atom. The van der Waals surface area contributed by atoms with Crippen LogP contribution in [0.15, 0.2) is 51.4 Å². The summed E-state index contributed by atoms with van der Waals surface area (Å²) in [6.45, 7) is -0.528. The molecular weight excluding hydrogens is 538 g/mol. The van der Waals surface area contributed by atoms with Crippen molar-refractivity contribution in [1.29, 1.82) is 0 Å². The molecule has 2 aromatic rings. The summed E-state index contributed by atoms with van der Waals surface area (Å²) in [5.74, 6) is -0.0930. The summed E-state index contributed by atoms with van der Waals surface area (Å²) in [6.07, 6.45) is 0. The van der Waals surface area contributed by atoms with Gasteiger partial charge in [-0.15, -0.1) is 0 Å². The zero-order chi connectivity index (χ0) is 20.5. The topological polar surface area (TPSA) is 88.7 Å². The van der Waals surface area contributed by atoms with Gasteiger partial charge in [-0.2, -0.15) is 0 Å². The van der Waals surface area contributed by atoms with Gasteiger partial charge in [0.15, 0.2) is 18.3 Å². The second kappa shape index (κ2) is 11.2. The minimum atomic E-state index is -0.512. The maximum absolute atomic E-state index is 11.8. The number of halogens is 3. The van der Waals surface area contributed by atoms with Crippen LogP contribution < -0.4 is 25.6 Å². The molecule has 2 amide bonds. The molecule has 11 heteroatoms. The molecule has 0 unspecified atom stereocenters. The number of hydrogen-bond donors (Lipinski definition) is 3. The molecule has 0 fully saturated rings. The first kappa shape index (κ1) is 22.4. The molecule has 0 radical (unpaired) electrons. The van der Waals surface area contributed by atoms with Crippen molar-refractivity contribution in [3.63, 3.8) is 0 Å². The van der Waals surface area contributed by atoms with E-state index in [4.69, 9.17) is 33.3 Å². The van der Waals surface area contributed by atoms with Gasteiger partial charge >= 0.3 is 0 Å². The molecule has 0 aliphatic heterocycles. The molecule has 0 heterocycles. The molecule has 2 rings (SSSR count). The Morgan fingerprint density at radius 3 is 2.25 bits per heavy atom. The average Bonchev–Trinajstić information content (AvgIpc) is 2.65. The van der Waals surface area contributed by atoms with Crippen molar-refractivity contribution in [2.24, 2.45) is 0 Å². The average molecular weight is 552 g/mol. The van der Waals surface area contributed by atoms with Crippen molar-refractivity contribution in [2.45, 2.75) is 0 Å². The van der Waals surface area contributed by atoms with E-state index in [2.05, 4.69) is 48.0 Å². The van der Waals surface area contributed by atoms with E-state index in [1.54, 1.807) is 42.5 Å². The highest BCUT2D eigenvalue weighted by molar-refractivity contribution is 9.10. The van der Waals surface area contributed by atoms with E-state index in [0.717, 1.165) is 8.95 Å². The van der Waals surface area contributed by atoms with Gasteiger partial charge in [-0.1, -0.05) is 43.5 Å². The van der Waals surface area contributed by atoms with Gasteiger partial charge in [-0.25, -0.2) is 0 Å². The lowest BCUT2D eigenvalue weighted by Gasteiger charge is -2.12. The number of carbonyl (C=O) groups excluding carboxylic acids is 2. The van der Waals surface area contributed by atoms with Crippen molar-refractivity contribution in [3.05, 3.63) is 56.4 Å². The molecule has 2 aromatic carbocycles. The van der Waals surface area contributed by atoms with Crippen molar-refractivity contribution in [1.82, 2.24) is 16.2 Å². The molecule has 0 bridgehead atoms. The summed E-state index contributed by atoms with van der Waals surface area (Å²) in [6, 6.07) is 12.0. The van der Waals surface area contributed by atoms with Crippen molar-refractivity contribution < 1.29 is 19.1 Å². The van der Waals surface area contributed by atoms with Crippen LogP contribution in [0.1, 0.15) is 0 Å². The number of thiocarbonyl (C=S) groups is 1. The SMILES string of the molecule is O=C(COc1ccc(Br)cc1Cl)NNC(=S)NC(=O)COc1ccc(Br)cc1. The zero-order valence-corrected chi connectivity index (χ0v) is 18.9. The Kier molecular flexibility index (Phi) is 8.97. The van der Waals surface area contributed by atoms with E-state index in [-0.39, 0.29) is 18.3 Å². The van der Waals surface area contributed by atoms with E-state index in [0.29, 0.717) is 16.5 Å². The monoisotopic (exact) mass is 549 g/mol. The third-order valence-corrected chi connectivity index (χ3v) is 4.53. The summed E-state index contributed by atoms with van der Waals surface area (Å²) in [5, 5.41) is 2.65. The molecule has 0 aliphatic rings. The summed E-state index contributed by atoms with van der Waals surface area (Å²) < 4.78 is 12.3. The number of rotatable bonds is 6. The van der Waals surface area contributed by atoms with Gasteiger partial charge < -0.3 is 9.47 Å². The fourth-order valence-electron chi connectivity index (χ4n) is 1.77. The Morgan fingerprint density at radius 2 is 1.57 bits per heavy atom. The molecule has 28 heavy (non-hydrogen) atoms. The molecule has 0 saturated carbocycles. The summed E-state index contributed by atoms with van der Waals surface area (Å²) in [5.41, 5.74) is 4.70. The molecule has 148 valence electrons. The molecule has 0 atom stereocenters. The van der Waals surface area contributed by atoms with Crippen LogP contribution in [0.4, 0.5) is 0 Å². The van der Waals surface area contributed by atoms with Crippen LogP contribution in [-0.4, -0.2) is 30.1 Å². The van der Waals surface area contributed by atoms with E-state index < -0.39 is 11.8 Å². The van der Waals surface area contributed by atoms with Crippen molar-refractivity contribution in [3.8, 4) is 11.5 Å². The largest absolute Gasteiger partial charge is 0.484 e. The number of hydrazine groups is 1. The predicted octanol–water partition coefficient (Wildman–Crippen LogP) is 3.34. The number of ether oxygens (including phenoxy) is 2. The molecule has 7 nitrogen and oxygen atoms in total. The maximum atomic E-state index is 11.8. The van der Waals surface area contributed by atoms with Crippen LogP contribution in [0.25, 0.3) is 0 Å². The first-order valence-corrected chi connectivity index (χ1v) is 10.1. The van der Waals surface area contributed by atoms with Crippen molar-refractivity contribution >= 4 is 72.6 Å². The Labute approximate surface area is 188 Å². The van der Waals surface area contributed by atoms with Crippen LogP contribution in [0.2, 0.25) is 5.02 Å². The first-order valence-electron chi connectivity index (χ1n) is 7.68. The minimum Gasteiger partial charge on any atom is -0.484 e. The van der Waals surface area contributed by atoms with Crippen LogP contribution >= 0.6 is 55.7 Å². The molecule has 0 aromatic heterocycles. The number of nitrogens with one attached hydrogen (secondary N) is 3. The van der Waals surface area contributed by atoms with Gasteiger partial charge in [0.2, 0.25) is 0 Å². The number of amides is 2.